The first-order chi connectivity index (χ1) is 8.16. The van der Waals surface area contributed by atoms with E-state index in [1.54, 1.807) is 0 Å². The summed E-state index contributed by atoms with van der Waals surface area (Å²) in [6, 6.07) is 1.74. The molecule has 0 N–H and O–H groups in total. The van der Waals surface area contributed by atoms with Gasteiger partial charge in [-0.1, -0.05) is 20.3 Å². The number of likely N-dealkylation sites (tertiary alicyclic amines) is 2. The van der Waals surface area contributed by atoms with E-state index in [4.69, 9.17) is 0 Å². The van der Waals surface area contributed by atoms with Gasteiger partial charge in [-0.2, -0.15) is 0 Å². The van der Waals surface area contributed by atoms with Gasteiger partial charge in [-0.15, -0.1) is 0 Å². The van der Waals surface area contributed by atoms with E-state index in [2.05, 4.69) is 30.7 Å². The van der Waals surface area contributed by atoms with Gasteiger partial charge in [0.05, 0.1) is 0 Å². The normalized spacial score (nSPS) is 32.5. The molecule has 2 heterocycles. The van der Waals surface area contributed by atoms with E-state index in [1.165, 1.54) is 58.2 Å². The summed E-state index contributed by atoms with van der Waals surface area (Å²) in [4.78, 5) is 5.36. The van der Waals surface area contributed by atoms with Gasteiger partial charge in [-0.3, -0.25) is 0 Å². The van der Waals surface area contributed by atoms with E-state index >= 15 is 0 Å². The lowest BCUT2D eigenvalue weighted by Crippen LogP contribution is -2.44. The summed E-state index contributed by atoms with van der Waals surface area (Å²) in [5.74, 6) is 0.817. The third-order valence-corrected chi connectivity index (χ3v) is 4.56. The van der Waals surface area contributed by atoms with Gasteiger partial charge in [0.25, 0.3) is 0 Å². The van der Waals surface area contributed by atoms with Crippen LogP contribution in [0.3, 0.4) is 0 Å². The quantitative estimate of drug-likeness (QED) is 0.743. The number of hydrogen-bond donors (Lipinski definition) is 0. The van der Waals surface area contributed by atoms with Crippen LogP contribution in [0.15, 0.2) is 0 Å². The van der Waals surface area contributed by atoms with Crippen molar-refractivity contribution < 1.29 is 0 Å². The van der Waals surface area contributed by atoms with Crippen molar-refractivity contribution in [2.75, 3.05) is 26.7 Å². The van der Waals surface area contributed by atoms with E-state index in [0.717, 1.165) is 18.0 Å². The first-order valence-corrected chi connectivity index (χ1v) is 7.61. The van der Waals surface area contributed by atoms with Crippen LogP contribution in [-0.4, -0.2) is 48.6 Å². The van der Waals surface area contributed by atoms with Crippen molar-refractivity contribution in [3.05, 3.63) is 0 Å². The molecule has 0 radical (unpaired) electrons. The molecule has 0 aromatic carbocycles. The SMILES string of the molecule is CC(C)CN1CCCCC1C[C@@H]1CCCN1C. The molecule has 0 saturated carbocycles. The van der Waals surface area contributed by atoms with Crippen LogP contribution < -0.4 is 0 Å². The zero-order valence-electron chi connectivity index (χ0n) is 12.0. The van der Waals surface area contributed by atoms with Gasteiger partial charge in [0.2, 0.25) is 0 Å². The van der Waals surface area contributed by atoms with Gasteiger partial charge >= 0.3 is 0 Å². The minimum absolute atomic E-state index is 0.817. The first-order valence-electron chi connectivity index (χ1n) is 7.61. The molecular formula is C15H30N2. The Morgan fingerprint density at radius 1 is 1.00 bits per heavy atom. The molecule has 2 atom stereocenters. The van der Waals surface area contributed by atoms with Crippen LogP contribution >= 0.6 is 0 Å². The van der Waals surface area contributed by atoms with Crippen LogP contribution in [0.5, 0.6) is 0 Å². The van der Waals surface area contributed by atoms with Crippen LogP contribution in [-0.2, 0) is 0 Å². The molecular weight excluding hydrogens is 208 g/mol. The van der Waals surface area contributed by atoms with Crippen molar-refractivity contribution in [2.45, 2.75) is 64.5 Å². The Bertz CT molecular complexity index is 227. The summed E-state index contributed by atoms with van der Waals surface area (Å²) in [5.41, 5.74) is 0. The number of rotatable bonds is 4. The summed E-state index contributed by atoms with van der Waals surface area (Å²) in [6.07, 6.45) is 8.58. The third kappa shape index (κ3) is 3.69. The van der Waals surface area contributed by atoms with Crippen molar-refractivity contribution in [1.29, 1.82) is 0 Å². The lowest BCUT2D eigenvalue weighted by atomic mass is 9.94. The summed E-state index contributed by atoms with van der Waals surface area (Å²) in [5, 5.41) is 0. The second kappa shape index (κ2) is 6.19. The van der Waals surface area contributed by atoms with Gasteiger partial charge in [0, 0.05) is 18.6 Å². The highest BCUT2D eigenvalue weighted by molar-refractivity contribution is 4.85. The zero-order valence-corrected chi connectivity index (χ0v) is 12.0. The molecule has 2 fully saturated rings. The average molecular weight is 238 g/mol. The Kier molecular flexibility index (Phi) is 4.87. The summed E-state index contributed by atoms with van der Waals surface area (Å²) in [7, 11) is 2.31. The predicted molar refractivity (Wildman–Crippen MR) is 74.3 cm³/mol. The molecule has 0 aliphatic carbocycles. The van der Waals surface area contributed by atoms with E-state index in [9.17, 15) is 0 Å². The fourth-order valence-electron chi connectivity index (χ4n) is 3.63. The van der Waals surface area contributed by atoms with Crippen LogP contribution in [0.2, 0.25) is 0 Å². The van der Waals surface area contributed by atoms with Gasteiger partial charge in [-0.05, 0) is 58.2 Å². The second-order valence-electron chi connectivity index (χ2n) is 6.55. The Hall–Kier alpha value is -0.0800. The Balaban J connectivity index is 1.87. The monoisotopic (exact) mass is 238 g/mol. The predicted octanol–water partition coefficient (Wildman–Crippen LogP) is 2.98. The maximum atomic E-state index is 2.78. The molecule has 0 bridgehead atoms. The summed E-state index contributed by atoms with van der Waals surface area (Å²) in [6.45, 7) is 8.68. The molecule has 0 aromatic rings. The Morgan fingerprint density at radius 3 is 2.41 bits per heavy atom. The van der Waals surface area contributed by atoms with Gasteiger partial charge in [0.15, 0.2) is 0 Å². The molecule has 2 heteroatoms. The van der Waals surface area contributed by atoms with Crippen LogP contribution in [0.1, 0.15) is 52.4 Å². The summed E-state index contributed by atoms with van der Waals surface area (Å²) >= 11 is 0. The van der Waals surface area contributed by atoms with E-state index in [1.807, 2.05) is 0 Å². The smallest absolute Gasteiger partial charge is 0.0110 e. The minimum atomic E-state index is 0.817. The van der Waals surface area contributed by atoms with Crippen molar-refractivity contribution in [1.82, 2.24) is 9.80 Å². The first kappa shape index (κ1) is 13.4. The lowest BCUT2D eigenvalue weighted by molar-refractivity contribution is 0.104. The maximum absolute atomic E-state index is 2.78. The average Bonchev–Trinajstić information content (AvgIpc) is 2.67. The van der Waals surface area contributed by atoms with Gasteiger partial charge in [0.1, 0.15) is 0 Å². The number of piperidine rings is 1. The standard InChI is InChI=1S/C15H30N2/c1-13(2)12-17-10-5-4-7-15(17)11-14-8-6-9-16(14)3/h13-15H,4-12H2,1-3H3/t14-,15?/m0/s1. The molecule has 2 saturated heterocycles. The number of hydrogen-bond acceptors (Lipinski definition) is 2. The molecule has 1 unspecified atom stereocenters. The Morgan fingerprint density at radius 2 is 1.76 bits per heavy atom. The van der Waals surface area contributed by atoms with Crippen molar-refractivity contribution in [3.8, 4) is 0 Å². The second-order valence-corrected chi connectivity index (χ2v) is 6.55. The highest BCUT2D eigenvalue weighted by atomic mass is 15.2. The van der Waals surface area contributed by atoms with Crippen LogP contribution in [0, 0.1) is 5.92 Å². The van der Waals surface area contributed by atoms with Crippen LogP contribution in [0.25, 0.3) is 0 Å². The third-order valence-electron chi connectivity index (χ3n) is 4.56. The van der Waals surface area contributed by atoms with Crippen molar-refractivity contribution >= 4 is 0 Å². The lowest BCUT2D eigenvalue weighted by Gasteiger charge is -2.39. The molecule has 2 aliphatic rings. The van der Waals surface area contributed by atoms with Gasteiger partial charge in [-0.25, -0.2) is 0 Å². The molecule has 2 rings (SSSR count). The molecule has 0 amide bonds. The molecule has 2 aliphatic heterocycles. The van der Waals surface area contributed by atoms with Crippen molar-refractivity contribution in [2.24, 2.45) is 5.92 Å². The zero-order chi connectivity index (χ0) is 12.3. The fourth-order valence-corrected chi connectivity index (χ4v) is 3.63. The molecule has 0 aromatic heterocycles. The highest BCUT2D eigenvalue weighted by Crippen LogP contribution is 2.27. The summed E-state index contributed by atoms with van der Waals surface area (Å²) < 4.78 is 0. The molecule has 17 heavy (non-hydrogen) atoms. The largest absolute Gasteiger partial charge is 0.303 e. The molecule has 0 spiro atoms. The topological polar surface area (TPSA) is 6.48 Å². The molecule has 2 nitrogen and oxygen atoms in total. The van der Waals surface area contributed by atoms with E-state index < -0.39 is 0 Å². The Labute approximate surface area is 107 Å². The van der Waals surface area contributed by atoms with E-state index in [0.29, 0.717) is 0 Å². The minimum Gasteiger partial charge on any atom is -0.303 e. The molecule has 100 valence electrons. The van der Waals surface area contributed by atoms with Gasteiger partial charge < -0.3 is 9.80 Å². The van der Waals surface area contributed by atoms with Crippen molar-refractivity contribution in [3.63, 3.8) is 0 Å². The van der Waals surface area contributed by atoms with E-state index in [-0.39, 0.29) is 0 Å². The maximum Gasteiger partial charge on any atom is 0.0110 e. The fraction of sp³-hybridized carbons (Fsp3) is 1.00. The number of nitrogens with zero attached hydrogens (tertiary/aromatic N) is 2. The van der Waals surface area contributed by atoms with Crippen LogP contribution in [0.4, 0.5) is 0 Å². The highest BCUT2D eigenvalue weighted by Gasteiger charge is 2.29.